The van der Waals surface area contributed by atoms with Gasteiger partial charge in [-0.05, 0) is 79.4 Å². The Hall–Kier alpha value is -5.67. The van der Waals surface area contributed by atoms with Crippen LogP contribution in [0.25, 0.3) is 10.4 Å². The number of anilines is 4. The zero-order valence-electron chi connectivity index (χ0n) is 30.5. The van der Waals surface area contributed by atoms with Crippen LogP contribution in [0.1, 0.15) is 48.8 Å². The molecule has 5 aromatic rings. The summed E-state index contributed by atoms with van der Waals surface area (Å²) >= 11 is 1.07. The lowest BCUT2D eigenvalue weighted by molar-refractivity contribution is -0.000503. The summed E-state index contributed by atoms with van der Waals surface area (Å²) < 4.78 is 73.5. The Bertz CT molecular complexity index is 2200. The maximum atomic E-state index is 13.9. The normalized spacial score (nSPS) is 15.1. The Morgan fingerprint density at radius 2 is 1.57 bits per heavy atom. The fourth-order valence-corrected chi connectivity index (χ4v) is 7.88. The lowest BCUT2D eigenvalue weighted by Crippen LogP contribution is -2.59. The number of rotatable bonds is 6. The molecular weight excluding hydrogens is 754 g/mol. The van der Waals surface area contributed by atoms with Gasteiger partial charge in [0.25, 0.3) is 5.91 Å². The highest BCUT2D eigenvalue weighted by Gasteiger charge is 2.45. The smallest absolute Gasteiger partial charge is 0.265 e. The van der Waals surface area contributed by atoms with Crippen LogP contribution < -0.4 is 20.4 Å². The SMILES string of the molecule is CN1CCc2cc(C(=O)Nc3c(F)cccc3F)sc2-c2cc(F)c(F)cc21.CNc1ccc(C=O)cc1.O=Cc1cc(F)cnc1N1CC2(CCOCC2)C1. The molecule has 3 aliphatic heterocycles. The molecule has 2 saturated heterocycles. The number of fused-ring (bicyclic) bond motifs is 3. The molecule has 0 aliphatic carbocycles. The van der Waals surface area contributed by atoms with Gasteiger partial charge in [-0.2, -0.15) is 0 Å². The average Bonchev–Trinajstić information content (AvgIpc) is 3.59. The highest BCUT2D eigenvalue weighted by atomic mass is 32.1. The summed E-state index contributed by atoms with van der Waals surface area (Å²) in [5.74, 6) is -4.22. The number of pyridine rings is 1. The van der Waals surface area contributed by atoms with E-state index in [4.69, 9.17) is 4.74 Å². The molecule has 9 nitrogen and oxygen atoms in total. The molecule has 15 heteroatoms. The van der Waals surface area contributed by atoms with Gasteiger partial charge >= 0.3 is 0 Å². The molecule has 8 rings (SSSR count). The van der Waals surface area contributed by atoms with E-state index in [1.807, 2.05) is 24.1 Å². The van der Waals surface area contributed by atoms with Crippen LogP contribution in [0.5, 0.6) is 0 Å². The van der Waals surface area contributed by atoms with Crippen molar-refractivity contribution in [3.05, 3.63) is 124 Å². The minimum atomic E-state index is -0.979. The van der Waals surface area contributed by atoms with Gasteiger partial charge in [-0.25, -0.2) is 26.9 Å². The standard InChI is InChI=1S/C20H14F4N2OS.C13H15FN2O2.C8H9NO/c1-26-6-5-10-7-17(20(27)25-18-12(21)3-2-4-13(18)22)28-19(10)11-8-14(23)15(24)9-16(11)26;14-11-5-10(7-17)12(15-6-11)16-8-13(9-16)1-3-18-4-2-13;1-9-8-4-2-7(6-10)3-5-8/h2-4,7-9H,5-6H2,1H3,(H,25,27);5-7H,1-4,8-9H2;2-6,9H,1H3. The topological polar surface area (TPSA) is 104 Å². The average molecular weight is 792 g/mol. The Morgan fingerprint density at radius 3 is 2.21 bits per heavy atom. The van der Waals surface area contributed by atoms with Crippen molar-refractivity contribution in [3.8, 4) is 10.4 Å². The quantitative estimate of drug-likeness (QED) is 0.131. The van der Waals surface area contributed by atoms with Crippen LogP contribution in [0.3, 0.4) is 0 Å². The summed E-state index contributed by atoms with van der Waals surface area (Å²) in [7, 11) is 3.62. The highest BCUT2D eigenvalue weighted by molar-refractivity contribution is 7.17. The van der Waals surface area contributed by atoms with Crippen molar-refractivity contribution < 1.29 is 41.1 Å². The first-order valence-corrected chi connectivity index (χ1v) is 18.5. The van der Waals surface area contributed by atoms with Gasteiger partial charge in [0.2, 0.25) is 0 Å². The van der Waals surface area contributed by atoms with Crippen molar-refractivity contribution >= 4 is 52.7 Å². The fraction of sp³-hybridized carbons (Fsp3) is 0.268. The number of benzene rings is 3. The number of aldehydes is 2. The zero-order chi connectivity index (χ0) is 40.0. The summed E-state index contributed by atoms with van der Waals surface area (Å²) in [4.78, 5) is 42.4. The lowest BCUT2D eigenvalue weighted by Gasteiger charge is -2.52. The predicted molar refractivity (Wildman–Crippen MR) is 207 cm³/mol. The number of ether oxygens (including phenoxy) is 1. The number of para-hydroxylation sites is 1. The Balaban J connectivity index is 0.000000161. The van der Waals surface area contributed by atoms with E-state index in [2.05, 4.69) is 20.5 Å². The van der Waals surface area contributed by atoms with Crippen LogP contribution in [0, 0.1) is 34.5 Å². The molecule has 2 N–H and O–H groups in total. The summed E-state index contributed by atoms with van der Waals surface area (Å²) in [5, 5.41) is 5.21. The maximum absolute atomic E-state index is 13.9. The number of aromatic nitrogens is 1. The number of carbonyl (C=O) groups is 3. The number of amides is 1. The van der Waals surface area contributed by atoms with E-state index in [0.717, 1.165) is 98.5 Å². The van der Waals surface area contributed by atoms with Crippen molar-refractivity contribution in [1.82, 2.24) is 4.98 Å². The van der Waals surface area contributed by atoms with Crippen molar-refractivity contribution in [2.45, 2.75) is 19.3 Å². The number of hydrogen-bond acceptors (Lipinski definition) is 9. The molecule has 0 unspecified atom stereocenters. The van der Waals surface area contributed by atoms with Gasteiger partial charge in [-0.15, -0.1) is 11.3 Å². The number of hydrogen-bond donors (Lipinski definition) is 2. The number of likely N-dealkylation sites (N-methyl/N-ethyl adjacent to an activating group) is 1. The molecule has 0 radical (unpaired) electrons. The highest BCUT2D eigenvalue weighted by Crippen LogP contribution is 2.43. The van der Waals surface area contributed by atoms with Crippen molar-refractivity contribution in [2.75, 3.05) is 67.4 Å². The van der Waals surface area contributed by atoms with Gasteiger partial charge in [0, 0.05) is 85.8 Å². The predicted octanol–water partition coefficient (Wildman–Crippen LogP) is 8.41. The van der Waals surface area contributed by atoms with Crippen molar-refractivity contribution in [3.63, 3.8) is 0 Å². The maximum Gasteiger partial charge on any atom is 0.265 e. The number of carbonyl (C=O) groups excluding carboxylic acids is 3. The third-order valence-corrected chi connectivity index (χ3v) is 11.1. The van der Waals surface area contributed by atoms with Crippen LogP contribution in [-0.2, 0) is 11.2 Å². The summed E-state index contributed by atoms with van der Waals surface area (Å²) in [6, 6.07) is 15.7. The van der Waals surface area contributed by atoms with Crippen LogP contribution in [0.4, 0.5) is 44.8 Å². The second-order valence-electron chi connectivity index (χ2n) is 13.6. The van der Waals surface area contributed by atoms with E-state index in [9.17, 15) is 36.3 Å². The molecule has 0 atom stereocenters. The van der Waals surface area contributed by atoms with Crippen LogP contribution in [0.2, 0.25) is 0 Å². The lowest BCUT2D eigenvalue weighted by atomic mass is 9.73. The van der Waals surface area contributed by atoms with Crippen LogP contribution >= 0.6 is 11.3 Å². The van der Waals surface area contributed by atoms with E-state index < -0.39 is 40.7 Å². The first-order valence-electron chi connectivity index (χ1n) is 17.7. The van der Waals surface area contributed by atoms with Gasteiger partial charge in [0.1, 0.15) is 35.2 Å². The van der Waals surface area contributed by atoms with Gasteiger partial charge < -0.3 is 25.2 Å². The molecule has 5 heterocycles. The van der Waals surface area contributed by atoms with E-state index in [-0.39, 0.29) is 4.88 Å². The number of halogens is 5. The van der Waals surface area contributed by atoms with Gasteiger partial charge in [0.05, 0.1) is 16.6 Å². The van der Waals surface area contributed by atoms with E-state index in [1.165, 1.54) is 12.1 Å². The largest absolute Gasteiger partial charge is 0.388 e. The zero-order valence-corrected chi connectivity index (χ0v) is 31.3. The first-order chi connectivity index (χ1) is 26.9. The second-order valence-corrected chi connectivity index (χ2v) is 14.7. The minimum Gasteiger partial charge on any atom is -0.388 e. The Morgan fingerprint density at radius 1 is 0.893 bits per heavy atom. The molecule has 292 valence electrons. The van der Waals surface area contributed by atoms with Crippen molar-refractivity contribution in [2.24, 2.45) is 5.41 Å². The molecule has 2 aromatic heterocycles. The number of nitrogens with zero attached hydrogens (tertiary/aromatic N) is 3. The molecule has 0 bridgehead atoms. The van der Waals surface area contributed by atoms with Gasteiger partial charge in [-0.1, -0.05) is 6.07 Å². The fourth-order valence-electron chi connectivity index (χ4n) is 6.75. The molecule has 3 aromatic carbocycles. The third kappa shape index (κ3) is 8.89. The summed E-state index contributed by atoms with van der Waals surface area (Å²) in [5.41, 5.74) is 3.64. The molecule has 56 heavy (non-hydrogen) atoms. The molecular formula is C41H38F5N5O4S. The van der Waals surface area contributed by atoms with Gasteiger partial charge in [0.15, 0.2) is 17.9 Å². The Kier molecular flexibility index (Phi) is 12.4. The molecule has 1 amide bonds. The number of thiophene rings is 1. The number of nitrogens with one attached hydrogen (secondary N) is 2. The summed E-state index contributed by atoms with van der Waals surface area (Å²) in [6.45, 7) is 3.94. The van der Waals surface area contributed by atoms with E-state index >= 15 is 0 Å². The monoisotopic (exact) mass is 791 g/mol. The van der Waals surface area contributed by atoms with E-state index in [1.54, 1.807) is 25.2 Å². The minimum absolute atomic E-state index is 0.230. The van der Waals surface area contributed by atoms with Crippen LogP contribution in [-0.4, -0.2) is 70.4 Å². The second kappa shape index (κ2) is 17.4. The van der Waals surface area contributed by atoms with Crippen LogP contribution in [0.15, 0.2) is 72.9 Å². The molecule has 0 saturated carbocycles. The third-order valence-electron chi connectivity index (χ3n) is 9.87. The van der Waals surface area contributed by atoms with E-state index in [0.29, 0.717) is 57.7 Å². The summed E-state index contributed by atoms with van der Waals surface area (Å²) in [6.07, 6.45) is 5.33. The molecule has 1 spiro atoms. The van der Waals surface area contributed by atoms with Gasteiger partial charge in [-0.3, -0.25) is 14.4 Å². The van der Waals surface area contributed by atoms with Crippen molar-refractivity contribution in [1.29, 1.82) is 0 Å². The Labute approximate surface area is 324 Å². The first kappa shape index (κ1) is 40.0. The molecule has 3 aliphatic rings. The molecule has 2 fully saturated rings.